The first-order valence-electron chi connectivity index (χ1n) is 7.85. The molecule has 3 nitrogen and oxygen atoms in total. The average molecular weight is 277 g/mol. The van der Waals surface area contributed by atoms with E-state index in [1.165, 1.54) is 32.1 Å². The Labute approximate surface area is 122 Å². The SMILES string of the molecule is OC(CNCCC1CCCC1)COCc1ccccc1. The van der Waals surface area contributed by atoms with Gasteiger partial charge >= 0.3 is 0 Å². The van der Waals surface area contributed by atoms with Crippen LogP contribution in [-0.2, 0) is 11.3 Å². The van der Waals surface area contributed by atoms with Crippen LogP contribution in [-0.4, -0.2) is 30.9 Å². The molecule has 1 saturated carbocycles. The van der Waals surface area contributed by atoms with Crippen molar-refractivity contribution in [3.8, 4) is 0 Å². The summed E-state index contributed by atoms with van der Waals surface area (Å²) in [4.78, 5) is 0. The Balaban J connectivity index is 1.46. The molecule has 2 N–H and O–H groups in total. The van der Waals surface area contributed by atoms with Gasteiger partial charge in [0.2, 0.25) is 0 Å². The van der Waals surface area contributed by atoms with Crippen LogP contribution in [0.4, 0.5) is 0 Å². The van der Waals surface area contributed by atoms with Crippen molar-refractivity contribution in [2.24, 2.45) is 5.92 Å². The predicted molar refractivity (Wildman–Crippen MR) is 81.5 cm³/mol. The molecule has 0 aliphatic heterocycles. The van der Waals surface area contributed by atoms with E-state index in [1.54, 1.807) is 0 Å². The summed E-state index contributed by atoms with van der Waals surface area (Å²) >= 11 is 0. The summed E-state index contributed by atoms with van der Waals surface area (Å²) in [6.07, 6.45) is 6.43. The summed E-state index contributed by atoms with van der Waals surface area (Å²) in [5, 5.41) is 13.2. The number of ether oxygens (including phenoxy) is 1. The minimum atomic E-state index is -0.415. The van der Waals surface area contributed by atoms with E-state index in [2.05, 4.69) is 5.32 Å². The van der Waals surface area contributed by atoms with Crippen molar-refractivity contribution in [3.05, 3.63) is 35.9 Å². The van der Waals surface area contributed by atoms with Crippen LogP contribution in [0.25, 0.3) is 0 Å². The Morgan fingerprint density at radius 3 is 2.70 bits per heavy atom. The fourth-order valence-electron chi connectivity index (χ4n) is 2.82. The van der Waals surface area contributed by atoms with Crippen LogP contribution < -0.4 is 5.32 Å². The first kappa shape index (κ1) is 15.5. The maximum atomic E-state index is 9.83. The quantitative estimate of drug-likeness (QED) is 0.682. The van der Waals surface area contributed by atoms with Crippen LogP contribution in [0.2, 0.25) is 0 Å². The largest absolute Gasteiger partial charge is 0.389 e. The third-order valence-corrected chi connectivity index (χ3v) is 4.01. The van der Waals surface area contributed by atoms with Crippen molar-refractivity contribution < 1.29 is 9.84 Å². The molecule has 1 atom stereocenters. The third kappa shape index (κ3) is 6.04. The predicted octanol–water partition coefficient (Wildman–Crippen LogP) is 2.73. The number of benzene rings is 1. The topological polar surface area (TPSA) is 41.5 Å². The van der Waals surface area contributed by atoms with Crippen molar-refractivity contribution in [2.45, 2.75) is 44.8 Å². The Kier molecular flexibility index (Phi) is 7.06. The Morgan fingerprint density at radius 1 is 1.20 bits per heavy atom. The molecule has 112 valence electrons. The minimum Gasteiger partial charge on any atom is -0.389 e. The number of rotatable bonds is 9. The van der Waals surface area contributed by atoms with E-state index in [-0.39, 0.29) is 0 Å². The van der Waals surface area contributed by atoms with E-state index in [4.69, 9.17) is 4.74 Å². The standard InChI is InChI=1S/C17H27NO2/c19-17(12-18-11-10-15-6-4-5-7-15)14-20-13-16-8-2-1-3-9-16/h1-3,8-9,15,17-19H,4-7,10-14H2. The zero-order valence-electron chi connectivity index (χ0n) is 12.3. The second kappa shape index (κ2) is 9.11. The lowest BCUT2D eigenvalue weighted by Crippen LogP contribution is -2.31. The zero-order chi connectivity index (χ0) is 14.0. The highest BCUT2D eigenvalue weighted by Gasteiger charge is 2.14. The molecule has 1 aromatic carbocycles. The summed E-state index contributed by atoms with van der Waals surface area (Å²) in [5.41, 5.74) is 1.15. The average Bonchev–Trinajstić information content (AvgIpc) is 2.98. The highest BCUT2D eigenvalue weighted by Crippen LogP contribution is 2.26. The van der Waals surface area contributed by atoms with Gasteiger partial charge in [-0.05, 0) is 24.4 Å². The van der Waals surface area contributed by atoms with Gasteiger partial charge in [0.1, 0.15) is 0 Å². The molecule has 1 aliphatic carbocycles. The first-order valence-corrected chi connectivity index (χ1v) is 7.85. The van der Waals surface area contributed by atoms with E-state index < -0.39 is 6.10 Å². The summed E-state index contributed by atoms with van der Waals surface area (Å²) < 4.78 is 5.52. The molecule has 1 unspecified atom stereocenters. The second-order valence-electron chi connectivity index (χ2n) is 5.80. The van der Waals surface area contributed by atoms with Gasteiger partial charge in [0, 0.05) is 6.54 Å². The molecule has 1 aliphatic rings. The van der Waals surface area contributed by atoms with Gasteiger partial charge in [-0.1, -0.05) is 56.0 Å². The molecule has 2 rings (SSSR count). The molecular formula is C17H27NO2. The molecule has 0 heterocycles. The lowest BCUT2D eigenvalue weighted by atomic mass is 10.0. The van der Waals surface area contributed by atoms with E-state index in [0.717, 1.165) is 18.0 Å². The number of hydrogen-bond acceptors (Lipinski definition) is 3. The van der Waals surface area contributed by atoms with Crippen LogP contribution >= 0.6 is 0 Å². The van der Waals surface area contributed by atoms with Crippen molar-refractivity contribution in [3.63, 3.8) is 0 Å². The van der Waals surface area contributed by atoms with Crippen molar-refractivity contribution in [1.29, 1.82) is 0 Å². The number of hydrogen-bond donors (Lipinski definition) is 2. The van der Waals surface area contributed by atoms with Gasteiger partial charge in [0.25, 0.3) is 0 Å². The minimum absolute atomic E-state index is 0.394. The molecule has 0 radical (unpaired) electrons. The van der Waals surface area contributed by atoms with Gasteiger partial charge in [0.15, 0.2) is 0 Å². The van der Waals surface area contributed by atoms with Gasteiger partial charge in [-0.3, -0.25) is 0 Å². The normalized spacial score (nSPS) is 17.4. The van der Waals surface area contributed by atoms with Crippen LogP contribution in [0.5, 0.6) is 0 Å². The first-order chi connectivity index (χ1) is 9.84. The van der Waals surface area contributed by atoms with E-state index in [1.807, 2.05) is 30.3 Å². The smallest absolute Gasteiger partial charge is 0.0897 e. The van der Waals surface area contributed by atoms with Crippen molar-refractivity contribution in [2.75, 3.05) is 19.7 Å². The molecule has 1 fully saturated rings. The summed E-state index contributed by atoms with van der Waals surface area (Å²) in [6, 6.07) is 10.1. The molecule has 1 aromatic rings. The summed E-state index contributed by atoms with van der Waals surface area (Å²) in [6.45, 7) is 2.60. The van der Waals surface area contributed by atoms with Gasteiger partial charge in [-0.25, -0.2) is 0 Å². The van der Waals surface area contributed by atoms with E-state index in [0.29, 0.717) is 19.8 Å². The maximum Gasteiger partial charge on any atom is 0.0897 e. The van der Waals surface area contributed by atoms with Crippen molar-refractivity contribution in [1.82, 2.24) is 5.32 Å². The van der Waals surface area contributed by atoms with Gasteiger partial charge in [0.05, 0.1) is 19.3 Å². The van der Waals surface area contributed by atoms with E-state index in [9.17, 15) is 5.11 Å². The van der Waals surface area contributed by atoms with Crippen LogP contribution in [0.15, 0.2) is 30.3 Å². The van der Waals surface area contributed by atoms with Crippen LogP contribution in [0.3, 0.4) is 0 Å². The second-order valence-corrected chi connectivity index (χ2v) is 5.80. The molecule has 0 bridgehead atoms. The highest BCUT2D eigenvalue weighted by atomic mass is 16.5. The molecular weight excluding hydrogens is 250 g/mol. The molecule has 0 aromatic heterocycles. The fraction of sp³-hybridized carbons (Fsp3) is 0.647. The lowest BCUT2D eigenvalue weighted by molar-refractivity contribution is 0.0288. The molecule has 20 heavy (non-hydrogen) atoms. The molecule has 3 heteroatoms. The molecule has 0 amide bonds. The maximum absolute atomic E-state index is 9.83. The lowest BCUT2D eigenvalue weighted by Gasteiger charge is -2.14. The Bertz CT molecular complexity index is 349. The van der Waals surface area contributed by atoms with Crippen LogP contribution in [0.1, 0.15) is 37.7 Å². The van der Waals surface area contributed by atoms with E-state index >= 15 is 0 Å². The van der Waals surface area contributed by atoms with Crippen molar-refractivity contribution >= 4 is 0 Å². The van der Waals surface area contributed by atoms with Crippen LogP contribution in [0, 0.1) is 5.92 Å². The third-order valence-electron chi connectivity index (χ3n) is 4.01. The Hall–Kier alpha value is -0.900. The number of nitrogens with one attached hydrogen (secondary N) is 1. The number of aliphatic hydroxyl groups is 1. The molecule has 0 saturated heterocycles. The van der Waals surface area contributed by atoms with Gasteiger partial charge in [-0.2, -0.15) is 0 Å². The summed E-state index contributed by atoms with van der Waals surface area (Å²) in [7, 11) is 0. The molecule has 0 spiro atoms. The summed E-state index contributed by atoms with van der Waals surface area (Å²) in [5.74, 6) is 0.911. The van der Waals surface area contributed by atoms with Gasteiger partial charge < -0.3 is 15.2 Å². The Morgan fingerprint density at radius 2 is 1.95 bits per heavy atom. The zero-order valence-corrected chi connectivity index (χ0v) is 12.3. The fourth-order valence-corrected chi connectivity index (χ4v) is 2.82. The number of aliphatic hydroxyl groups excluding tert-OH is 1. The highest BCUT2D eigenvalue weighted by molar-refractivity contribution is 5.13. The van der Waals surface area contributed by atoms with Gasteiger partial charge in [-0.15, -0.1) is 0 Å². The monoisotopic (exact) mass is 277 g/mol.